The molecule has 0 aliphatic heterocycles. The standard InChI is InChI=1S/C10H20O6S2/c1-2-3-4-5-6-7-8-10(18(14,15)16)9-17(11,12)13/h9H,2-8H2,1H3,(H,11,12,13)(H,14,15,16)/b10-9-. The quantitative estimate of drug-likeness (QED) is 0.500. The van der Waals surface area contributed by atoms with Crippen LogP contribution in [0, 0.1) is 0 Å². The van der Waals surface area contributed by atoms with Gasteiger partial charge in [-0.15, -0.1) is 0 Å². The van der Waals surface area contributed by atoms with Crippen molar-refractivity contribution < 1.29 is 25.9 Å². The molecule has 0 spiro atoms. The van der Waals surface area contributed by atoms with Crippen molar-refractivity contribution in [2.75, 3.05) is 0 Å². The molecule has 0 unspecified atom stereocenters. The lowest BCUT2D eigenvalue weighted by atomic mass is 10.1. The molecular formula is C10H20O6S2. The number of unbranched alkanes of at least 4 members (excludes halogenated alkanes) is 5. The molecule has 108 valence electrons. The third-order valence-corrected chi connectivity index (χ3v) is 4.10. The lowest BCUT2D eigenvalue weighted by Gasteiger charge is -2.03. The Morgan fingerprint density at radius 1 is 0.944 bits per heavy atom. The second kappa shape index (κ2) is 7.88. The van der Waals surface area contributed by atoms with Gasteiger partial charge in [0, 0.05) is 0 Å². The van der Waals surface area contributed by atoms with Crippen molar-refractivity contribution in [1.29, 1.82) is 0 Å². The van der Waals surface area contributed by atoms with E-state index in [1.165, 1.54) is 0 Å². The number of hydrogen-bond acceptors (Lipinski definition) is 4. The monoisotopic (exact) mass is 300 g/mol. The first-order valence-corrected chi connectivity index (χ1v) is 8.76. The Morgan fingerprint density at radius 2 is 1.44 bits per heavy atom. The molecule has 0 saturated heterocycles. The normalized spacial score (nSPS) is 13.8. The second-order valence-corrected chi connectivity index (χ2v) is 6.83. The third-order valence-electron chi connectivity index (χ3n) is 2.39. The molecule has 18 heavy (non-hydrogen) atoms. The van der Waals surface area contributed by atoms with Crippen molar-refractivity contribution in [3.8, 4) is 0 Å². The number of allylic oxidation sites excluding steroid dienone is 1. The van der Waals surface area contributed by atoms with Crippen LogP contribution in [0.1, 0.15) is 51.9 Å². The summed E-state index contributed by atoms with van der Waals surface area (Å²) in [7, 11) is -9.13. The molecule has 8 heteroatoms. The predicted octanol–water partition coefficient (Wildman–Crippen LogP) is 2.35. The van der Waals surface area contributed by atoms with Crippen LogP contribution in [-0.2, 0) is 20.2 Å². The number of rotatable bonds is 9. The molecule has 0 amide bonds. The zero-order chi connectivity index (χ0) is 14.2. The zero-order valence-electron chi connectivity index (χ0n) is 10.4. The molecule has 2 N–H and O–H groups in total. The van der Waals surface area contributed by atoms with E-state index in [-0.39, 0.29) is 11.8 Å². The molecule has 0 bridgehead atoms. The van der Waals surface area contributed by atoms with E-state index >= 15 is 0 Å². The molecule has 0 aromatic rings. The van der Waals surface area contributed by atoms with Crippen molar-refractivity contribution in [1.82, 2.24) is 0 Å². The van der Waals surface area contributed by atoms with Crippen molar-refractivity contribution in [3.63, 3.8) is 0 Å². The van der Waals surface area contributed by atoms with Crippen molar-refractivity contribution >= 4 is 20.2 Å². The Morgan fingerprint density at radius 3 is 1.89 bits per heavy atom. The SMILES string of the molecule is CCCCCCCC/C(=C/S(=O)(=O)O)S(=O)(=O)O. The molecule has 0 aromatic heterocycles. The van der Waals surface area contributed by atoms with Crippen LogP contribution < -0.4 is 0 Å². The molecule has 0 aliphatic rings. The Bertz CT molecular complexity index is 461. The molecule has 0 fully saturated rings. The van der Waals surface area contributed by atoms with Gasteiger partial charge in [0.2, 0.25) is 0 Å². The maximum absolute atomic E-state index is 10.9. The van der Waals surface area contributed by atoms with E-state index in [2.05, 4.69) is 6.92 Å². The molecule has 0 heterocycles. The lowest BCUT2D eigenvalue weighted by molar-refractivity contribution is 0.483. The maximum atomic E-state index is 10.9. The van der Waals surface area contributed by atoms with E-state index in [4.69, 9.17) is 9.11 Å². The van der Waals surface area contributed by atoms with Gasteiger partial charge in [-0.05, 0) is 12.8 Å². The number of hydrogen-bond donors (Lipinski definition) is 2. The Hall–Kier alpha value is -0.440. The van der Waals surface area contributed by atoms with Gasteiger partial charge in [-0.1, -0.05) is 39.0 Å². The largest absolute Gasteiger partial charge is 0.291 e. The van der Waals surface area contributed by atoms with Gasteiger partial charge in [0.05, 0.1) is 10.3 Å². The van der Waals surface area contributed by atoms with Crippen LogP contribution in [0.5, 0.6) is 0 Å². The van der Waals surface area contributed by atoms with Gasteiger partial charge in [-0.2, -0.15) is 16.8 Å². The Balaban J connectivity index is 4.36. The summed E-state index contributed by atoms with van der Waals surface area (Å²) in [6.07, 6.45) is 5.27. The van der Waals surface area contributed by atoms with E-state index in [0.29, 0.717) is 6.42 Å². The van der Waals surface area contributed by atoms with Gasteiger partial charge >= 0.3 is 0 Å². The smallest absolute Gasteiger partial charge is 0.282 e. The predicted molar refractivity (Wildman–Crippen MR) is 69.2 cm³/mol. The fraction of sp³-hybridized carbons (Fsp3) is 0.800. The fourth-order valence-corrected chi connectivity index (χ4v) is 3.20. The lowest BCUT2D eigenvalue weighted by Crippen LogP contribution is -2.05. The first-order chi connectivity index (χ1) is 8.17. The van der Waals surface area contributed by atoms with E-state index < -0.39 is 25.1 Å². The van der Waals surface area contributed by atoms with Gasteiger partial charge < -0.3 is 0 Å². The summed E-state index contributed by atoms with van der Waals surface area (Å²) >= 11 is 0. The minimum absolute atomic E-state index is 0.0925. The van der Waals surface area contributed by atoms with Crippen molar-refractivity contribution in [2.45, 2.75) is 51.9 Å². The topological polar surface area (TPSA) is 109 Å². The average Bonchev–Trinajstić information content (AvgIpc) is 2.18. The minimum Gasteiger partial charge on any atom is -0.282 e. The minimum atomic E-state index is -4.57. The van der Waals surface area contributed by atoms with Crippen LogP contribution in [-0.4, -0.2) is 25.9 Å². The summed E-state index contributed by atoms with van der Waals surface area (Å²) in [6, 6.07) is 0. The average molecular weight is 300 g/mol. The highest BCUT2D eigenvalue weighted by Crippen LogP contribution is 2.17. The van der Waals surface area contributed by atoms with Crippen LogP contribution in [0.25, 0.3) is 0 Å². The van der Waals surface area contributed by atoms with Crippen LogP contribution in [0.2, 0.25) is 0 Å². The van der Waals surface area contributed by atoms with E-state index in [0.717, 1.165) is 32.1 Å². The molecule has 0 aromatic carbocycles. The molecular weight excluding hydrogens is 280 g/mol. The van der Waals surface area contributed by atoms with Gasteiger partial charge in [-0.3, -0.25) is 9.11 Å². The van der Waals surface area contributed by atoms with Crippen molar-refractivity contribution in [3.05, 3.63) is 10.3 Å². The Labute approximate surface area is 109 Å². The van der Waals surface area contributed by atoms with Crippen LogP contribution in [0.3, 0.4) is 0 Å². The van der Waals surface area contributed by atoms with Crippen molar-refractivity contribution in [2.24, 2.45) is 0 Å². The second-order valence-electron chi connectivity index (χ2n) is 4.09. The highest BCUT2D eigenvalue weighted by atomic mass is 32.2. The van der Waals surface area contributed by atoms with Crippen LogP contribution in [0.4, 0.5) is 0 Å². The third kappa shape index (κ3) is 9.58. The maximum Gasteiger partial charge on any atom is 0.291 e. The van der Waals surface area contributed by atoms with Gasteiger partial charge in [0.15, 0.2) is 0 Å². The summed E-state index contributed by atoms with van der Waals surface area (Å²) in [4.78, 5) is -0.666. The molecule has 0 atom stereocenters. The van der Waals surface area contributed by atoms with E-state index in [1.807, 2.05) is 0 Å². The van der Waals surface area contributed by atoms with E-state index in [1.54, 1.807) is 0 Å². The summed E-state index contributed by atoms with van der Waals surface area (Å²) < 4.78 is 60.3. The summed E-state index contributed by atoms with van der Waals surface area (Å²) in [6.45, 7) is 2.07. The van der Waals surface area contributed by atoms with E-state index in [9.17, 15) is 16.8 Å². The molecule has 0 aliphatic carbocycles. The highest BCUT2D eigenvalue weighted by Gasteiger charge is 2.16. The van der Waals surface area contributed by atoms with Crippen LogP contribution in [0.15, 0.2) is 10.3 Å². The zero-order valence-corrected chi connectivity index (χ0v) is 12.0. The summed E-state index contributed by atoms with van der Waals surface area (Å²) in [5.41, 5.74) is 0. The first-order valence-electron chi connectivity index (χ1n) is 5.82. The summed E-state index contributed by atoms with van der Waals surface area (Å²) in [5, 5.41) is 0.189. The fourth-order valence-electron chi connectivity index (χ4n) is 1.49. The Kier molecular flexibility index (Phi) is 7.69. The van der Waals surface area contributed by atoms with Gasteiger partial charge in [0.25, 0.3) is 20.2 Å². The molecule has 6 nitrogen and oxygen atoms in total. The summed E-state index contributed by atoms with van der Waals surface area (Å²) in [5.74, 6) is 0. The molecule has 0 radical (unpaired) electrons. The van der Waals surface area contributed by atoms with Gasteiger partial charge in [0.1, 0.15) is 0 Å². The van der Waals surface area contributed by atoms with Gasteiger partial charge in [-0.25, -0.2) is 0 Å². The highest BCUT2D eigenvalue weighted by molar-refractivity contribution is 7.93. The first kappa shape index (κ1) is 17.6. The molecule has 0 rings (SSSR count). The molecule has 0 saturated carbocycles. The van der Waals surface area contributed by atoms with Crippen LogP contribution >= 0.6 is 0 Å².